The number of aromatic nitrogens is 2. The number of benzene rings is 2. The maximum absolute atomic E-state index is 13.2. The van der Waals surface area contributed by atoms with Crippen LogP contribution >= 0.6 is 11.6 Å². The van der Waals surface area contributed by atoms with Crippen molar-refractivity contribution in [2.24, 2.45) is 7.05 Å². The smallest absolute Gasteiger partial charge is 0.433 e. The molecule has 0 aliphatic heterocycles. The van der Waals surface area contributed by atoms with E-state index in [1.165, 1.54) is 25.3 Å². The molecule has 0 aliphatic rings. The number of hydrogen-bond donors (Lipinski definition) is 1. The molecule has 0 amide bonds. The molecule has 1 N–H and O–H groups in total. The summed E-state index contributed by atoms with van der Waals surface area (Å²) in [6, 6.07) is 6.28. The zero-order valence-electron chi connectivity index (χ0n) is 15.4. The average Bonchev–Trinajstić information content (AvgIpc) is 3.03. The second-order valence-electron chi connectivity index (χ2n) is 6.27. The van der Waals surface area contributed by atoms with E-state index >= 15 is 0 Å². The molecule has 0 aliphatic carbocycles. The third-order valence-corrected chi connectivity index (χ3v) is 4.70. The van der Waals surface area contributed by atoms with Crippen LogP contribution in [-0.4, -0.2) is 22.0 Å². The fraction of sp³-hybridized carbons (Fsp3) is 0.211. The van der Waals surface area contributed by atoms with Crippen LogP contribution in [0.4, 0.5) is 26.3 Å². The molecule has 0 spiro atoms. The van der Waals surface area contributed by atoms with Gasteiger partial charge in [-0.1, -0.05) is 17.7 Å². The zero-order valence-corrected chi connectivity index (χ0v) is 16.1. The van der Waals surface area contributed by atoms with Gasteiger partial charge in [-0.2, -0.15) is 31.4 Å². The summed E-state index contributed by atoms with van der Waals surface area (Å²) >= 11 is 5.64. The van der Waals surface area contributed by atoms with E-state index in [2.05, 4.69) is 5.10 Å². The molecule has 1 aromatic heterocycles. The highest BCUT2D eigenvalue weighted by molar-refractivity contribution is 6.31. The van der Waals surface area contributed by atoms with Crippen LogP contribution in [0, 0.1) is 0 Å². The van der Waals surface area contributed by atoms with Gasteiger partial charge in [0.25, 0.3) is 0 Å². The molecule has 0 atom stereocenters. The third kappa shape index (κ3) is 3.91. The van der Waals surface area contributed by atoms with Crippen molar-refractivity contribution in [3.63, 3.8) is 0 Å². The number of ether oxygens (including phenoxy) is 1. The van der Waals surface area contributed by atoms with Crippen molar-refractivity contribution in [1.82, 2.24) is 9.78 Å². The lowest BCUT2D eigenvalue weighted by molar-refractivity contribution is -0.143. The summed E-state index contributed by atoms with van der Waals surface area (Å²) in [6.45, 7) is 0. The van der Waals surface area contributed by atoms with Crippen LogP contribution in [0.5, 0.6) is 11.5 Å². The van der Waals surface area contributed by atoms with Gasteiger partial charge in [0.2, 0.25) is 0 Å². The first-order valence-corrected chi connectivity index (χ1v) is 8.61. The Morgan fingerprint density at radius 3 is 2.20 bits per heavy atom. The fourth-order valence-corrected chi connectivity index (χ4v) is 3.22. The Hall–Kier alpha value is -2.88. The minimum Gasteiger partial charge on any atom is -0.506 e. The minimum atomic E-state index is -4.75. The number of hydrogen-bond acceptors (Lipinski definition) is 3. The quantitative estimate of drug-likeness (QED) is 0.486. The van der Waals surface area contributed by atoms with Crippen molar-refractivity contribution in [2.45, 2.75) is 12.4 Å². The van der Waals surface area contributed by atoms with Crippen molar-refractivity contribution in [2.75, 3.05) is 7.11 Å². The lowest BCUT2D eigenvalue weighted by Gasteiger charge is -2.16. The summed E-state index contributed by atoms with van der Waals surface area (Å²) in [5.74, 6) is -0.574. The zero-order chi connectivity index (χ0) is 22.4. The molecule has 160 valence electrons. The van der Waals surface area contributed by atoms with E-state index < -0.39 is 34.4 Å². The number of alkyl halides is 6. The Kier molecular flexibility index (Phi) is 5.40. The topological polar surface area (TPSA) is 47.3 Å². The molecular formula is C19H13ClF6N2O2. The van der Waals surface area contributed by atoms with E-state index in [4.69, 9.17) is 16.3 Å². The van der Waals surface area contributed by atoms with Crippen LogP contribution in [0.3, 0.4) is 0 Å². The summed E-state index contributed by atoms with van der Waals surface area (Å²) in [7, 11) is 2.32. The molecule has 4 nitrogen and oxygen atoms in total. The molecule has 0 fully saturated rings. The monoisotopic (exact) mass is 450 g/mol. The van der Waals surface area contributed by atoms with Gasteiger partial charge in [-0.15, -0.1) is 0 Å². The summed E-state index contributed by atoms with van der Waals surface area (Å²) in [6.07, 6.45) is -9.43. The van der Waals surface area contributed by atoms with Gasteiger partial charge in [0.05, 0.1) is 29.0 Å². The predicted molar refractivity (Wildman–Crippen MR) is 97.3 cm³/mol. The van der Waals surface area contributed by atoms with E-state index in [-0.39, 0.29) is 28.1 Å². The molecular weight excluding hydrogens is 438 g/mol. The molecule has 0 saturated heterocycles. The first-order valence-electron chi connectivity index (χ1n) is 8.23. The minimum absolute atomic E-state index is 0.0127. The Balaban J connectivity index is 2.23. The Morgan fingerprint density at radius 2 is 1.67 bits per heavy atom. The summed E-state index contributed by atoms with van der Waals surface area (Å²) in [5.41, 5.74) is -2.74. The standard InChI is InChI=1S/C19H13ClF6N2O2/c1-28-15(19(24,25)26)8-13(27-28)10-4-6-14(30-2)16(17(10)29)9-3-5-12(20)11(7-9)18(21,22)23/h3-8,29H,1-2H3. The fourth-order valence-electron chi connectivity index (χ4n) is 2.99. The SMILES string of the molecule is COc1ccc(-c2cc(C(F)(F)F)n(C)n2)c(O)c1-c1ccc(Cl)c(C(F)(F)F)c1. The van der Waals surface area contributed by atoms with Gasteiger partial charge in [-0.25, -0.2) is 0 Å². The number of aryl methyl sites for hydroxylation is 1. The van der Waals surface area contributed by atoms with Crippen molar-refractivity contribution in [3.05, 3.63) is 52.7 Å². The van der Waals surface area contributed by atoms with Gasteiger partial charge < -0.3 is 9.84 Å². The van der Waals surface area contributed by atoms with E-state index in [0.29, 0.717) is 4.68 Å². The molecule has 0 radical (unpaired) electrons. The summed E-state index contributed by atoms with van der Waals surface area (Å²) in [5, 5.41) is 14.0. The predicted octanol–water partition coefficient (Wildman–Crippen LogP) is 6.16. The van der Waals surface area contributed by atoms with Crippen LogP contribution in [0.25, 0.3) is 22.4 Å². The second kappa shape index (κ2) is 7.42. The van der Waals surface area contributed by atoms with Crippen molar-refractivity contribution < 1.29 is 36.2 Å². The maximum Gasteiger partial charge on any atom is 0.433 e. The Morgan fingerprint density at radius 1 is 1.00 bits per heavy atom. The van der Waals surface area contributed by atoms with Crippen molar-refractivity contribution >= 4 is 11.6 Å². The second-order valence-corrected chi connectivity index (χ2v) is 6.67. The van der Waals surface area contributed by atoms with Crippen LogP contribution in [-0.2, 0) is 19.4 Å². The van der Waals surface area contributed by atoms with Crippen molar-refractivity contribution in [1.29, 1.82) is 0 Å². The molecule has 1 heterocycles. The number of halogens is 7. The highest BCUT2D eigenvalue weighted by Crippen LogP contribution is 2.46. The van der Waals surface area contributed by atoms with Crippen LogP contribution in [0.1, 0.15) is 11.3 Å². The molecule has 0 saturated carbocycles. The van der Waals surface area contributed by atoms with E-state index in [1.807, 2.05) is 0 Å². The Labute approximate surface area is 171 Å². The first kappa shape index (κ1) is 21.8. The normalized spacial score (nSPS) is 12.3. The molecule has 30 heavy (non-hydrogen) atoms. The van der Waals surface area contributed by atoms with Gasteiger partial charge >= 0.3 is 12.4 Å². The molecule has 3 aromatic rings. The Bertz CT molecular complexity index is 1110. The van der Waals surface area contributed by atoms with Gasteiger partial charge in [-0.05, 0) is 35.9 Å². The van der Waals surface area contributed by atoms with Crippen LogP contribution in [0.2, 0.25) is 5.02 Å². The summed E-state index contributed by atoms with van der Waals surface area (Å²) in [4.78, 5) is 0. The van der Waals surface area contributed by atoms with E-state index in [0.717, 1.165) is 25.2 Å². The third-order valence-electron chi connectivity index (χ3n) is 4.37. The number of phenols is 1. The van der Waals surface area contributed by atoms with E-state index in [1.54, 1.807) is 0 Å². The van der Waals surface area contributed by atoms with E-state index in [9.17, 15) is 31.4 Å². The number of phenolic OH excluding ortho intramolecular Hbond substituents is 1. The highest BCUT2D eigenvalue weighted by Gasteiger charge is 2.36. The lowest BCUT2D eigenvalue weighted by atomic mass is 9.97. The lowest BCUT2D eigenvalue weighted by Crippen LogP contribution is -2.11. The number of aromatic hydroxyl groups is 1. The van der Waals surface area contributed by atoms with Gasteiger partial charge in [-0.3, -0.25) is 4.68 Å². The number of methoxy groups -OCH3 is 1. The molecule has 0 unspecified atom stereocenters. The largest absolute Gasteiger partial charge is 0.506 e. The first-order chi connectivity index (χ1) is 13.8. The number of nitrogens with zero attached hydrogens (tertiary/aromatic N) is 2. The highest BCUT2D eigenvalue weighted by atomic mass is 35.5. The van der Waals surface area contributed by atoms with Crippen molar-refractivity contribution in [3.8, 4) is 33.9 Å². The van der Waals surface area contributed by atoms with Gasteiger partial charge in [0, 0.05) is 12.6 Å². The maximum atomic E-state index is 13.2. The van der Waals surface area contributed by atoms with Crippen LogP contribution < -0.4 is 4.74 Å². The molecule has 0 bridgehead atoms. The van der Waals surface area contributed by atoms with Gasteiger partial charge in [0.15, 0.2) is 0 Å². The molecule has 11 heteroatoms. The molecule has 2 aromatic carbocycles. The molecule has 3 rings (SSSR count). The average molecular weight is 451 g/mol. The number of rotatable bonds is 3. The van der Waals surface area contributed by atoms with Crippen LogP contribution in [0.15, 0.2) is 36.4 Å². The van der Waals surface area contributed by atoms with Gasteiger partial charge in [0.1, 0.15) is 17.2 Å². The summed E-state index contributed by atoms with van der Waals surface area (Å²) < 4.78 is 84.6.